The first-order valence-corrected chi connectivity index (χ1v) is 11.8. The van der Waals surface area contributed by atoms with E-state index in [9.17, 15) is 24.6 Å². The number of ketones is 2. The highest BCUT2D eigenvalue weighted by molar-refractivity contribution is 9.10. The van der Waals surface area contributed by atoms with E-state index in [-0.39, 0.29) is 30.0 Å². The lowest BCUT2D eigenvalue weighted by Crippen LogP contribution is -2.68. The molecule has 0 amide bonds. The molecule has 0 bridgehead atoms. The fourth-order valence-corrected chi connectivity index (χ4v) is 8.29. The van der Waals surface area contributed by atoms with Gasteiger partial charge in [0.05, 0.1) is 10.4 Å². The summed E-state index contributed by atoms with van der Waals surface area (Å²) in [5.74, 6) is -1.52. The Morgan fingerprint density at radius 3 is 2.65 bits per heavy atom. The first kappa shape index (κ1) is 22.9. The number of fused-ring (bicyclic) bond motifs is 5. The van der Waals surface area contributed by atoms with Crippen molar-refractivity contribution in [2.75, 3.05) is 6.61 Å². The number of Topliss-reactive ketones (excluding diaryl/α,β-unsaturated/α-hetero) is 1. The van der Waals surface area contributed by atoms with E-state index in [4.69, 9.17) is 4.74 Å². The van der Waals surface area contributed by atoms with Crippen molar-refractivity contribution in [3.8, 4) is 0 Å². The van der Waals surface area contributed by atoms with Crippen LogP contribution >= 0.6 is 15.9 Å². The van der Waals surface area contributed by atoms with Crippen LogP contribution in [0.5, 0.6) is 0 Å². The molecule has 7 heteroatoms. The lowest BCUT2D eigenvalue weighted by atomic mass is 9.46. The average Bonchev–Trinajstić information content (AvgIpc) is 2.89. The molecule has 4 aliphatic rings. The second-order valence-corrected chi connectivity index (χ2v) is 11.7. The van der Waals surface area contributed by atoms with Gasteiger partial charge in [0.25, 0.3) is 0 Å². The Labute approximate surface area is 191 Å². The van der Waals surface area contributed by atoms with Crippen LogP contribution in [0.2, 0.25) is 0 Å². The first-order chi connectivity index (χ1) is 14.3. The Hall–Kier alpha value is -1.31. The molecule has 6 nitrogen and oxygen atoms in total. The topological polar surface area (TPSA) is 101 Å². The molecule has 2 saturated carbocycles. The van der Waals surface area contributed by atoms with E-state index in [1.165, 1.54) is 6.92 Å². The molecule has 0 aliphatic heterocycles. The van der Waals surface area contributed by atoms with E-state index < -0.39 is 45.2 Å². The van der Waals surface area contributed by atoms with Gasteiger partial charge in [-0.05, 0) is 48.7 Å². The molecule has 0 radical (unpaired) electrons. The van der Waals surface area contributed by atoms with Crippen LogP contribution in [-0.2, 0) is 19.1 Å². The van der Waals surface area contributed by atoms with Crippen molar-refractivity contribution in [3.05, 3.63) is 23.8 Å². The van der Waals surface area contributed by atoms with E-state index in [0.29, 0.717) is 19.3 Å². The molecule has 0 aromatic rings. The fraction of sp³-hybridized carbons (Fsp3) is 0.708. The quantitative estimate of drug-likeness (QED) is 0.462. The number of hydrogen-bond donors (Lipinski definition) is 2. The summed E-state index contributed by atoms with van der Waals surface area (Å²) < 4.78 is 4.23. The normalized spacial score (nSPS) is 48.4. The Bertz CT molecular complexity index is 910. The summed E-state index contributed by atoms with van der Waals surface area (Å²) in [5, 5.41) is 23.3. The molecule has 8 atom stereocenters. The monoisotopic (exact) mass is 494 g/mol. The third-order valence-corrected chi connectivity index (χ3v) is 10.9. The maximum absolute atomic E-state index is 13.1. The van der Waals surface area contributed by atoms with Crippen molar-refractivity contribution in [1.29, 1.82) is 0 Å². The second kappa shape index (κ2) is 7.09. The third-order valence-electron chi connectivity index (χ3n) is 9.02. The Morgan fingerprint density at radius 2 is 2.00 bits per heavy atom. The van der Waals surface area contributed by atoms with Gasteiger partial charge in [-0.15, -0.1) is 0 Å². The molecule has 4 aliphatic carbocycles. The van der Waals surface area contributed by atoms with Gasteiger partial charge in [-0.25, -0.2) is 0 Å². The van der Waals surface area contributed by atoms with Crippen LogP contribution in [-0.4, -0.2) is 50.4 Å². The molecular formula is C24H31BrO6. The van der Waals surface area contributed by atoms with Gasteiger partial charge in [-0.1, -0.05) is 48.9 Å². The van der Waals surface area contributed by atoms with Crippen molar-refractivity contribution in [1.82, 2.24) is 0 Å². The number of esters is 1. The van der Waals surface area contributed by atoms with Gasteiger partial charge in [-0.2, -0.15) is 0 Å². The van der Waals surface area contributed by atoms with Crippen molar-refractivity contribution >= 4 is 33.5 Å². The molecule has 0 unspecified atom stereocenters. The number of carbonyl (C=O) groups excluding carboxylic acids is 3. The summed E-state index contributed by atoms with van der Waals surface area (Å²) in [6.45, 7) is 6.60. The Kier molecular flexibility index (Phi) is 5.23. The number of allylic oxidation sites excluding steroid dienone is 4. The number of ether oxygens (including phenoxy) is 1. The van der Waals surface area contributed by atoms with Crippen LogP contribution in [0.15, 0.2) is 23.8 Å². The zero-order valence-corrected chi connectivity index (χ0v) is 20.1. The molecular weight excluding hydrogens is 464 g/mol. The van der Waals surface area contributed by atoms with Gasteiger partial charge in [0.1, 0.15) is 5.60 Å². The van der Waals surface area contributed by atoms with Crippen LogP contribution in [0, 0.1) is 28.6 Å². The standard InChI is InChI=1S/C24H31BrO6/c1-13-9-18-17-6-5-15-10-16(27)7-8-21(15,3)23(17,25)19(28)11-22(18,4)24(13,30)20(29)12-31-14(2)26/h5-6,10,13,17-19,28,30H,7-9,11-12H2,1-4H3/t13-,17+,18+,19+,21+,22+,23+,24+/m1/s1. The van der Waals surface area contributed by atoms with E-state index in [0.717, 1.165) is 5.57 Å². The van der Waals surface area contributed by atoms with Crippen molar-refractivity contribution in [2.24, 2.45) is 28.6 Å². The molecule has 170 valence electrons. The molecule has 0 heterocycles. The van der Waals surface area contributed by atoms with Crippen molar-refractivity contribution in [3.63, 3.8) is 0 Å². The van der Waals surface area contributed by atoms with Crippen molar-refractivity contribution < 1.29 is 29.3 Å². The first-order valence-electron chi connectivity index (χ1n) is 11.0. The van der Waals surface area contributed by atoms with Gasteiger partial charge < -0.3 is 14.9 Å². The zero-order chi connectivity index (χ0) is 23.0. The maximum Gasteiger partial charge on any atom is 0.303 e. The molecule has 0 aromatic carbocycles. The zero-order valence-electron chi connectivity index (χ0n) is 18.5. The number of alkyl halides is 1. The van der Waals surface area contributed by atoms with Crippen LogP contribution in [0.3, 0.4) is 0 Å². The summed E-state index contributed by atoms with van der Waals surface area (Å²) >= 11 is 3.97. The largest absolute Gasteiger partial charge is 0.458 e. The highest BCUT2D eigenvalue weighted by Gasteiger charge is 2.74. The average molecular weight is 495 g/mol. The summed E-state index contributed by atoms with van der Waals surface area (Å²) in [6.07, 6.45) is 6.79. The summed E-state index contributed by atoms with van der Waals surface area (Å²) in [6, 6.07) is 0. The van der Waals surface area contributed by atoms with E-state index in [2.05, 4.69) is 22.9 Å². The third kappa shape index (κ3) is 2.78. The van der Waals surface area contributed by atoms with Crippen LogP contribution < -0.4 is 0 Å². The Balaban J connectivity index is 1.79. The van der Waals surface area contributed by atoms with Gasteiger partial charge in [0, 0.05) is 24.2 Å². The highest BCUT2D eigenvalue weighted by atomic mass is 79.9. The van der Waals surface area contributed by atoms with E-state index in [1.54, 1.807) is 6.08 Å². The van der Waals surface area contributed by atoms with Gasteiger partial charge in [0.15, 0.2) is 12.4 Å². The van der Waals surface area contributed by atoms with Crippen LogP contribution in [0.1, 0.15) is 53.4 Å². The number of carbonyl (C=O) groups is 3. The van der Waals surface area contributed by atoms with E-state index in [1.807, 2.05) is 26.0 Å². The molecule has 2 fully saturated rings. The van der Waals surface area contributed by atoms with Gasteiger partial charge in [-0.3, -0.25) is 14.4 Å². The molecule has 31 heavy (non-hydrogen) atoms. The summed E-state index contributed by atoms with van der Waals surface area (Å²) in [4.78, 5) is 36.4. The lowest BCUT2D eigenvalue weighted by Gasteiger charge is -2.63. The summed E-state index contributed by atoms with van der Waals surface area (Å²) in [7, 11) is 0. The SMILES string of the molecule is CC(=O)OCC(=O)[C@@]1(O)[C@H](C)C[C@H]2[C@@H]3C=CC4=CC(=O)CC[C@]4(C)[C@@]3(Br)[C@@H](O)C[C@@]21C. The number of rotatable bonds is 3. The van der Waals surface area contributed by atoms with Gasteiger partial charge in [0.2, 0.25) is 5.78 Å². The number of aliphatic hydroxyl groups excluding tert-OH is 1. The summed E-state index contributed by atoms with van der Waals surface area (Å²) in [5.41, 5.74) is -2.09. The lowest BCUT2D eigenvalue weighted by molar-refractivity contribution is -0.178. The van der Waals surface area contributed by atoms with E-state index >= 15 is 0 Å². The van der Waals surface area contributed by atoms with Crippen LogP contribution in [0.25, 0.3) is 0 Å². The molecule has 0 aromatic heterocycles. The van der Waals surface area contributed by atoms with Gasteiger partial charge >= 0.3 is 5.97 Å². The predicted molar refractivity (Wildman–Crippen MR) is 117 cm³/mol. The molecule has 0 saturated heterocycles. The minimum absolute atomic E-state index is 0.0659. The predicted octanol–water partition coefficient (Wildman–Crippen LogP) is 2.89. The minimum Gasteiger partial charge on any atom is -0.458 e. The molecule has 4 rings (SSSR count). The van der Waals surface area contributed by atoms with Crippen LogP contribution in [0.4, 0.5) is 0 Å². The minimum atomic E-state index is -1.70. The second-order valence-electron chi connectivity index (χ2n) is 10.4. The maximum atomic E-state index is 13.1. The Morgan fingerprint density at radius 1 is 1.32 bits per heavy atom. The van der Waals surface area contributed by atoms with Crippen molar-refractivity contribution in [2.45, 2.75) is 69.4 Å². The number of hydrogen-bond acceptors (Lipinski definition) is 6. The highest BCUT2D eigenvalue weighted by Crippen LogP contribution is 2.71. The number of aliphatic hydroxyl groups is 2. The molecule has 2 N–H and O–H groups in total. The number of halogens is 1. The smallest absolute Gasteiger partial charge is 0.303 e. The molecule has 0 spiro atoms. The fourth-order valence-electron chi connectivity index (χ4n) is 7.23.